The van der Waals surface area contributed by atoms with Gasteiger partial charge in [0.15, 0.2) is 5.82 Å². The van der Waals surface area contributed by atoms with Gasteiger partial charge in [-0.05, 0) is 12.8 Å². The van der Waals surface area contributed by atoms with Crippen LogP contribution in [0.4, 0.5) is 5.82 Å². The SMILES string of the molecule is CC#CC(=O)NNc1cnccn1. The lowest BCUT2D eigenvalue weighted by atomic mass is 10.6. The number of hydrogen-bond donors (Lipinski definition) is 2. The molecule has 0 aromatic carbocycles. The molecule has 0 radical (unpaired) electrons. The fraction of sp³-hybridized carbons (Fsp3) is 0.125. The Labute approximate surface area is 75.6 Å². The van der Waals surface area contributed by atoms with Crippen molar-refractivity contribution in [1.29, 1.82) is 0 Å². The molecule has 1 amide bonds. The lowest BCUT2D eigenvalue weighted by Gasteiger charge is -2.02. The largest absolute Gasteiger partial charge is 0.314 e. The number of hydrazine groups is 1. The highest BCUT2D eigenvalue weighted by atomic mass is 16.2. The summed E-state index contributed by atoms with van der Waals surface area (Å²) < 4.78 is 0. The van der Waals surface area contributed by atoms with Gasteiger partial charge in [0.25, 0.3) is 0 Å². The van der Waals surface area contributed by atoms with E-state index >= 15 is 0 Å². The number of hydrogen-bond acceptors (Lipinski definition) is 4. The van der Waals surface area contributed by atoms with Gasteiger partial charge in [-0.1, -0.05) is 5.92 Å². The van der Waals surface area contributed by atoms with Gasteiger partial charge in [0.2, 0.25) is 0 Å². The first-order valence-electron chi connectivity index (χ1n) is 3.57. The topological polar surface area (TPSA) is 66.9 Å². The summed E-state index contributed by atoms with van der Waals surface area (Å²) in [5, 5.41) is 0. The van der Waals surface area contributed by atoms with E-state index in [2.05, 4.69) is 32.7 Å². The van der Waals surface area contributed by atoms with Gasteiger partial charge in [0.1, 0.15) is 0 Å². The summed E-state index contributed by atoms with van der Waals surface area (Å²) in [5.41, 5.74) is 4.89. The van der Waals surface area contributed by atoms with E-state index in [0.29, 0.717) is 5.82 Å². The zero-order valence-corrected chi connectivity index (χ0v) is 7.03. The van der Waals surface area contributed by atoms with Crippen LogP contribution in [-0.4, -0.2) is 15.9 Å². The number of rotatable bonds is 2. The molecule has 0 aliphatic carbocycles. The predicted molar refractivity (Wildman–Crippen MR) is 47.2 cm³/mol. The minimum absolute atomic E-state index is 0.409. The number of amides is 1. The van der Waals surface area contributed by atoms with Crippen LogP contribution >= 0.6 is 0 Å². The Kier molecular flexibility index (Phi) is 3.27. The van der Waals surface area contributed by atoms with E-state index in [1.165, 1.54) is 12.4 Å². The van der Waals surface area contributed by atoms with Gasteiger partial charge in [-0.2, -0.15) is 0 Å². The second kappa shape index (κ2) is 4.72. The molecular weight excluding hydrogens is 168 g/mol. The summed E-state index contributed by atoms with van der Waals surface area (Å²) in [7, 11) is 0. The third-order valence-electron chi connectivity index (χ3n) is 1.11. The zero-order valence-electron chi connectivity index (χ0n) is 7.03. The van der Waals surface area contributed by atoms with Crippen molar-refractivity contribution in [3.05, 3.63) is 18.6 Å². The van der Waals surface area contributed by atoms with E-state index in [4.69, 9.17) is 0 Å². The number of nitrogens with one attached hydrogen (secondary N) is 2. The van der Waals surface area contributed by atoms with E-state index in [9.17, 15) is 4.79 Å². The molecule has 5 heteroatoms. The van der Waals surface area contributed by atoms with Crippen molar-refractivity contribution in [1.82, 2.24) is 15.4 Å². The predicted octanol–water partition coefficient (Wildman–Crippen LogP) is -0.0570. The average Bonchev–Trinajstić information content (AvgIpc) is 2.17. The van der Waals surface area contributed by atoms with Crippen LogP contribution in [0.2, 0.25) is 0 Å². The number of carbonyl (C=O) groups is 1. The van der Waals surface area contributed by atoms with Gasteiger partial charge >= 0.3 is 5.91 Å². The number of aromatic nitrogens is 2. The van der Waals surface area contributed by atoms with Gasteiger partial charge in [0, 0.05) is 12.4 Å². The van der Waals surface area contributed by atoms with Gasteiger partial charge in [-0.25, -0.2) is 4.98 Å². The Bertz CT molecular complexity index is 338. The van der Waals surface area contributed by atoms with Crippen LogP contribution in [0.1, 0.15) is 6.92 Å². The van der Waals surface area contributed by atoms with Crippen molar-refractivity contribution < 1.29 is 4.79 Å². The van der Waals surface area contributed by atoms with Crippen LogP contribution in [0.5, 0.6) is 0 Å². The summed E-state index contributed by atoms with van der Waals surface area (Å²) in [6, 6.07) is 0. The maximum absolute atomic E-state index is 10.8. The molecule has 1 rings (SSSR count). The molecule has 2 N–H and O–H groups in total. The van der Waals surface area contributed by atoms with E-state index in [1.807, 2.05) is 0 Å². The Morgan fingerprint density at radius 2 is 2.38 bits per heavy atom. The summed E-state index contributed by atoms with van der Waals surface area (Å²) in [4.78, 5) is 18.5. The van der Waals surface area contributed by atoms with Gasteiger partial charge in [-0.15, -0.1) is 0 Å². The second-order valence-electron chi connectivity index (χ2n) is 2.04. The van der Waals surface area contributed by atoms with E-state index in [1.54, 1.807) is 13.1 Å². The minimum Gasteiger partial charge on any atom is -0.280 e. The Morgan fingerprint density at radius 1 is 1.54 bits per heavy atom. The van der Waals surface area contributed by atoms with Crippen molar-refractivity contribution in [3.63, 3.8) is 0 Å². The highest BCUT2D eigenvalue weighted by Crippen LogP contribution is 1.92. The molecule has 13 heavy (non-hydrogen) atoms. The molecule has 0 bridgehead atoms. The normalized spacial score (nSPS) is 8.08. The maximum Gasteiger partial charge on any atom is 0.314 e. The van der Waals surface area contributed by atoms with Gasteiger partial charge in [0.05, 0.1) is 6.20 Å². The summed E-state index contributed by atoms with van der Waals surface area (Å²) in [6.07, 6.45) is 4.54. The molecule has 0 unspecified atom stereocenters. The third-order valence-corrected chi connectivity index (χ3v) is 1.11. The average molecular weight is 176 g/mol. The van der Waals surface area contributed by atoms with E-state index < -0.39 is 5.91 Å². The minimum atomic E-state index is -0.409. The van der Waals surface area contributed by atoms with E-state index in [-0.39, 0.29) is 0 Å². The lowest BCUT2D eigenvalue weighted by Crippen LogP contribution is -2.28. The molecule has 1 aromatic heterocycles. The molecule has 1 heterocycles. The van der Waals surface area contributed by atoms with Crippen molar-refractivity contribution in [2.45, 2.75) is 6.92 Å². The van der Waals surface area contributed by atoms with Crippen molar-refractivity contribution >= 4 is 11.7 Å². The molecular formula is C8H8N4O. The molecule has 0 aliphatic rings. The third kappa shape index (κ3) is 3.20. The molecule has 1 aromatic rings. The van der Waals surface area contributed by atoms with Crippen LogP contribution < -0.4 is 10.9 Å². The van der Waals surface area contributed by atoms with Crippen LogP contribution in [0.15, 0.2) is 18.6 Å². The first-order chi connectivity index (χ1) is 6.33. The standard InChI is InChI=1S/C8H8N4O/c1-2-3-8(13)12-11-7-6-9-4-5-10-7/h4-6H,1H3,(H,10,11)(H,12,13). The molecule has 0 fully saturated rings. The monoisotopic (exact) mass is 176 g/mol. The summed E-state index contributed by atoms with van der Waals surface area (Å²) in [5.74, 6) is 4.83. The van der Waals surface area contributed by atoms with Gasteiger partial charge in [-0.3, -0.25) is 20.6 Å². The van der Waals surface area contributed by atoms with Crippen molar-refractivity contribution in [3.8, 4) is 11.8 Å². The fourth-order valence-corrected chi connectivity index (χ4v) is 0.629. The molecule has 66 valence electrons. The highest BCUT2D eigenvalue weighted by Gasteiger charge is 1.94. The van der Waals surface area contributed by atoms with Crippen molar-refractivity contribution in [2.75, 3.05) is 5.43 Å². The summed E-state index contributed by atoms with van der Waals surface area (Å²) in [6.45, 7) is 1.59. The van der Waals surface area contributed by atoms with Crippen LogP contribution in [0.25, 0.3) is 0 Å². The first-order valence-corrected chi connectivity index (χ1v) is 3.57. The second-order valence-corrected chi connectivity index (χ2v) is 2.04. The number of anilines is 1. The molecule has 0 aliphatic heterocycles. The van der Waals surface area contributed by atoms with Crippen LogP contribution in [0, 0.1) is 11.8 Å². The van der Waals surface area contributed by atoms with Crippen LogP contribution in [0.3, 0.4) is 0 Å². The molecule has 5 nitrogen and oxygen atoms in total. The Morgan fingerprint density at radius 3 is 3.00 bits per heavy atom. The lowest BCUT2D eigenvalue weighted by molar-refractivity contribution is -0.115. The number of nitrogens with zero attached hydrogens (tertiary/aromatic N) is 2. The Balaban J connectivity index is 2.43. The maximum atomic E-state index is 10.8. The quantitative estimate of drug-likeness (QED) is 0.489. The first kappa shape index (κ1) is 9.00. The molecule has 0 saturated heterocycles. The Hall–Kier alpha value is -2.09. The van der Waals surface area contributed by atoms with Crippen LogP contribution in [-0.2, 0) is 4.79 Å². The molecule has 0 saturated carbocycles. The fourth-order valence-electron chi connectivity index (χ4n) is 0.629. The van der Waals surface area contributed by atoms with Gasteiger partial charge < -0.3 is 0 Å². The van der Waals surface area contributed by atoms with Crippen molar-refractivity contribution in [2.24, 2.45) is 0 Å². The molecule has 0 spiro atoms. The zero-order chi connectivity index (χ0) is 9.52. The smallest absolute Gasteiger partial charge is 0.280 e. The highest BCUT2D eigenvalue weighted by molar-refractivity contribution is 5.93. The van der Waals surface area contributed by atoms with E-state index in [0.717, 1.165) is 0 Å². The molecule has 0 atom stereocenters. The summed E-state index contributed by atoms with van der Waals surface area (Å²) >= 11 is 0. The number of carbonyl (C=O) groups excluding carboxylic acids is 1.